The molecule has 2 aromatic rings. The fraction of sp³-hybridized carbons (Fsp3) is 0.333. The van der Waals surface area contributed by atoms with Crippen molar-refractivity contribution in [3.63, 3.8) is 0 Å². The summed E-state index contributed by atoms with van der Waals surface area (Å²) in [6.45, 7) is 1.61. The molecule has 1 heterocycles. The van der Waals surface area contributed by atoms with Crippen molar-refractivity contribution in [2.45, 2.75) is 43.5 Å². The van der Waals surface area contributed by atoms with Gasteiger partial charge in [-0.2, -0.15) is 0 Å². The number of thioether (sulfide) groups is 1. The van der Waals surface area contributed by atoms with Crippen LogP contribution in [-0.4, -0.2) is 47.5 Å². The number of hydrogen-bond donors (Lipinski definition) is 3. The Balaban J connectivity index is 1.58. The van der Waals surface area contributed by atoms with Crippen molar-refractivity contribution in [2.75, 3.05) is 7.11 Å². The smallest absolute Gasteiger partial charge is 0.307 e. The molecule has 35 heavy (non-hydrogen) atoms. The van der Waals surface area contributed by atoms with Gasteiger partial charge in [-0.1, -0.05) is 36.0 Å². The zero-order chi connectivity index (χ0) is 25.4. The number of esters is 1. The standard InChI is InChI=1S/C24H26ClN3O6S/c1-14(28-25)22(30)26-17(13-21(29)33-2)11-15-3-7-18(8-4-15)34-19-9-5-16(6-10-19)12-20-23(31)27-24(32)35-20/h3-10,14,17,20,28H,11-13H2,1-2H3,(H,26,30)(H,27,31,32). The maximum Gasteiger partial charge on any atom is 0.307 e. The fourth-order valence-electron chi connectivity index (χ4n) is 3.38. The van der Waals surface area contributed by atoms with Gasteiger partial charge in [0.2, 0.25) is 11.8 Å². The van der Waals surface area contributed by atoms with Crippen molar-refractivity contribution in [3.05, 3.63) is 59.7 Å². The number of carbonyl (C=O) groups excluding carboxylic acids is 4. The molecular weight excluding hydrogens is 494 g/mol. The van der Waals surface area contributed by atoms with Gasteiger partial charge in [-0.15, -0.1) is 0 Å². The second-order valence-electron chi connectivity index (χ2n) is 8.00. The van der Waals surface area contributed by atoms with Gasteiger partial charge in [0.15, 0.2) is 0 Å². The van der Waals surface area contributed by atoms with Crippen LogP contribution in [0.2, 0.25) is 0 Å². The highest BCUT2D eigenvalue weighted by atomic mass is 35.5. The lowest BCUT2D eigenvalue weighted by atomic mass is 10.0. The summed E-state index contributed by atoms with van der Waals surface area (Å²) in [7, 11) is 1.30. The van der Waals surface area contributed by atoms with E-state index in [1.54, 1.807) is 31.2 Å². The number of hydrogen-bond acceptors (Lipinski definition) is 8. The van der Waals surface area contributed by atoms with Crippen molar-refractivity contribution in [1.82, 2.24) is 15.5 Å². The van der Waals surface area contributed by atoms with E-state index in [0.29, 0.717) is 24.3 Å². The molecule has 9 nitrogen and oxygen atoms in total. The summed E-state index contributed by atoms with van der Waals surface area (Å²) in [6.07, 6.45) is 0.900. The van der Waals surface area contributed by atoms with Gasteiger partial charge in [0.05, 0.1) is 24.8 Å². The number of halogens is 1. The van der Waals surface area contributed by atoms with Crippen molar-refractivity contribution in [1.29, 1.82) is 0 Å². The Bertz CT molecular complexity index is 1060. The van der Waals surface area contributed by atoms with Crippen LogP contribution in [0.5, 0.6) is 11.5 Å². The van der Waals surface area contributed by atoms with E-state index < -0.39 is 23.3 Å². The summed E-state index contributed by atoms with van der Waals surface area (Å²) < 4.78 is 10.6. The molecule has 0 aliphatic carbocycles. The first kappa shape index (κ1) is 26.5. The predicted molar refractivity (Wildman–Crippen MR) is 132 cm³/mol. The molecule has 3 unspecified atom stereocenters. The van der Waals surface area contributed by atoms with Gasteiger partial charge in [-0.05, 0) is 66.9 Å². The minimum Gasteiger partial charge on any atom is -0.469 e. The average molecular weight is 520 g/mol. The highest BCUT2D eigenvalue weighted by molar-refractivity contribution is 8.15. The first-order valence-corrected chi connectivity index (χ1v) is 12.1. The molecule has 0 saturated carbocycles. The Labute approximate surface area is 212 Å². The van der Waals surface area contributed by atoms with E-state index in [4.69, 9.17) is 21.3 Å². The molecule has 1 aliphatic rings. The molecule has 186 valence electrons. The van der Waals surface area contributed by atoms with Crippen LogP contribution >= 0.6 is 23.5 Å². The highest BCUT2D eigenvalue weighted by Crippen LogP contribution is 2.26. The minimum atomic E-state index is -0.615. The number of ether oxygens (including phenoxy) is 2. The highest BCUT2D eigenvalue weighted by Gasteiger charge is 2.31. The van der Waals surface area contributed by atoms with E-state index in [0.717, 1.165) is 22.9 Å². The molecule has 0 bridgehead atoms. The number of nitrogens with one attached hydrogen (secondary N) is 3. The third-order valence-corrected chi connectivity index (χ3v) is 6.61. The van der Waals surface area contributed by atoms with Crippen molar-refractivity contribution < 1.29 is 28.7 Å². The summed E-state index contributed by atoms with van der Waals surface area (Å²) in [5, 5.41) is 4.37. The summed E-state index contributed by atoms with van der Waals surface area (Å²) in [4.78, 5) is 49.3. The van der Waals surface area contributed by atoms with Gasteiger partial charge >= 0.3 is 5.97 Å². The molecule has 1 fully saturated rings. The largest absolute Gasteiger partial charge is 0.469 e. The summed E-state index contributed by atoms with van der Waals surface area (Å²) in [6, 6.07) is 13.6. The van der Waals surface area contributed by atoms with Gasteiger partial charge in [-0.3, -0.25) is 24.5 Å². The van der Waals surface area contributed by atoms with E-state index in [1.165, 1.54) is 7.11 Å². The van der Waals surface area contributed by atoms with Crippen molar-refractivity contribution in [3.8, 4) is 11.5 Å². The number of benzene rings is 2. The van der Waals surface area contributed by atoms with E-state index in [-0.39, 0.29) is 23.5 Å². The van der Waals surface area contributed by atoms with Crippen LogP contribution in [0.25, 0.3) is 0 Å². The second kappa shape index (κ2) is 12.6. The number of rotatable bonds is 11. The Morgan fingerprint density at radius 2 is 1.66 bits per heavy atom. The number of amides is 3. The van der Waals surface area contributed by atoms with Crippen LogP contribution in [-0.2, 0) is 32.0 Å². The normalized spacial score (nSPS) is 16.8. The Morgan fingerprint density at radius 3 is 2.17 bits per heavy atom. The maximum atomic E-state index is 12.2. The molecule has 0 radical (unpaired) electrons. The summed E-state index contributed by atoms with van der Waals surface area (Å²) in [5.41, 5.74) is 1.82. The number of carbonyl (C=O) groups is 4. The second-order valence-corrected chi connectivity index (χ2v) is 9.39. The molecule has 0 spiro atoms. The summed E-state index contributed by atoms with van der Waals surface area (Å²) >= 11 is 6.52. The minimum absolute atomic E-state index is 0.0248. The molecule has 2 aromatic carbocycles. The Kier molecular flexibility index (Phi) is 9.53. The third kappa shape index (κ3) is 7.98. The van der Waals surface area contributed by atoms with Gasteiger partial charge in [0.1, 0.15) is 11.5 Å². The van der Waals surface area contributed by atoms with Gasteiger partial charge in [0, 0.05) is 6.04 Å². The van der Waals surface area contributed by atoms with E-state index in [1.807, 2.05) is 24.3 Å². The number of methoxy groups -OCH3 is 1. The van der Waals surface area contributed by atoms with E-state index >= 15 is 0 Å². The summed E-state index contributed by atoms with van der Waals surface area (Å²) in [5.74, 6) is 0.227. The zero-order valence-corrected chi connectivity index (χ0v) is 20.8. The van der Waals surface area contributed by atoms with Crippen LogP contribution in [0.1, 0.15) is 24.5 Å². The molecule has 1 saturated heterocycles. The first-order valence-electron chi connectivity index (χ1n) is 10.9. The maximum absolute atomic E-state index is 12.2. The van der Waals surface area contributed by atoms with Crippen LogP contribution in [0.15, 0.2) is 48.5 Å². The predicted octanol–water partition coefficient (Wildman–Crippen LogP) is 3.10. The third-order valence-electron chi connectivity index (χ3n) is 5.30. The Morgan fingerprint density at radius 1 is 1.06 bits per heavy atom. The van der Waals surface area contributed by atoms with Crippen molar-refractivity contribution >= 4 is 46.6 Å². The number of imide groups is 1. The molecule has 0 aromatic heterocycles. The lowest BCUT2D eigenvalue weighted by Crippen LogP contribution is -2.45. The molecule has 11 heteroatoms. The lowest BCUT2D eigenvalue weighted by Gasteiger charge is -2.20. The van der Waals surface area contributed by atoms with Crippen molar-refractivity contribution in [2.24, 2.45) is 0 Å². The Hall–Kier alpha value is -3.08. The van der Waals surface area contributed by atoms with Crippen LogP contribution in [0, 0.1) is 0 Å². The van der Waals surface area contributed by atoms with Crippen LogP contribution in [0.4, 0.5) is 4.79 Å². The molecule has 3 rings (SSSR count). The molecular formula is C24H26ClN3O6S. The van der Waals surface area contributed by atoms with Crippen LogP contribution < -0.4 is 20.2 Å². The monoisotopic (exact) mass is 519 g/mol. The van der Waals surface area contributed by atoms with Crippen LogP contribution in [0.3, 0.4) is 0 Å². The van der Waals surface area contributed by atoms with E-state index in [2.05, 4.69) is 15.5 Å². The zero-order valence-electron chi connectivity index (χ0n) is 19.2. The molecule has 1 aliphatic heterocycles. The van der Waals surface area contributed by atoms with Gasteiger partial charge in [-0.25, -0.2) is 4.84 Å². The van der Waals surface area contributed by atoms with Gasteiger partial charge in [0.25, 0.3) is 5.24 Å². The first-order chi connectivity index (χ1) is 16.8. The quantitative estimate of drug-likeness (QED) is 0.306. The SMILES string of the molecule is COC(=O)CC(Cc1ccc(Oc2ccc(CC3SC(=O)NC3=O)cc2)cc1)NC(=O)C(C)NCl. The van der Waals surface area contributed by atoms with Gasteiger partial charge < -0.3 is 14.8 Å². The lowest BCUT2D eigenvalue weighted by molar-refractivity contribution is -0.141. The van der Waals surface area contributed by atoms with E-state index in [9.17, 15) is 19.2 Å². The molecule has 3 atom stereocenters. The molecule has 3 N–H and O–H groups in total. The topological polar surface area (TPSA) is 123 Å². The molecule has 3 amide bonds. The average Bonchev–Trinajstić information content (AvgIpc) is 3.16. The fourth-order valence-corrected chi connectivity index (χ4v) is 4.34.